The molecule has 0 aliphatic carbocycles. The van der Waals surface area contributed by atoms with Crippen LogP contribution in [0, 0.1) is 0 Å². The van der Waals surface area contributed by atoms with Crippen LogP contribution >= 0.6 is 0 Å². The zero-order chi connectivity index (χ0) is 35.6. The molecule has 268 valence electrons. The van der Waals surface area contributed by atoms with Gasteiger partial charge in [-0.25, -0.2) is 9.59 Å². The molecule has 0 fully saturated rings. The van der Waals surface area contributed by atoms with Crippen molar-refractivity contribution in [1.29, 1.82) is 0 Å². The van der Waals surface area contributed by atoms with Crippen LogP contribution in [0.25, 0.3) is 0 Å². The summed E-state index contributed by atoms with van der Waals surface area (Å²) in [6, 6.07) is -1.69. The van der Waals surface area contributed by atoms with Gasteiger partial charge in [0.2, 0.25) is 5.91 Å². The van der Waals surface area contributed by atoms with Gasteiger partial charge in [-0.05, 0) is 86.1 Å². The minimum absolute atomic E-state index is 0.0515. The lowest BCUT2D eigenvalue weighted by Gasteiger charge is -2.26. The summed E-state index contributed by atoms with van der Waals surface area (Å²) in [5.41, 5.74) is -0.841. The van der Waals surface area contributed by atoms with Crippen molar-refractivity contribution < 1.29 is 59.0 Å². The Kier molecular flexibility index (Phi) is 20.4. The molecule has 0 bridgehead atoms. The van der Waals surface area contributed by atoms with Crippen molar-refractivity contribution >= 4 is 29.7 Å². The van der Waals surface area contributed by atoms with Crippen molar-refractivity contribution in [2.45, 2.75) is 141 Å². The number of Topliss-reactive ketones (excluding diaryl/α,β-unsaturated/α-hetero) is 1. The number of nitrogens with one attached hydrogen (secondary N) is 4. The molecule has 46 heavy (non-hydrogen) atoms. The van der Waals surface area contributed by atoms with Crippen molar-refractivity contribution in [2.24, 2.45) is 0 Å². The molecule has 0 radical (unpaired) electrons. The van der Waals surface area contributed by atoms with E-state index < -0.39 is 77.9 Å². The topological polar surface area (TPSA) is 253 Å². The van der Waals surface area contributed by atoms with Crippen LogP contribution in [0.5, 0.6) is 0 Å². The van der Waals surface area contributed by atoms with Gasteiger partial charge in [0.05, 0.1) is 7.11 Å². The van der Waals surface area contributed by atoms with Crippen LogP contribution in [0.3, 0.4) is 0 Å². The Morgan fingerprint density at radius 2 is 1.28 bits per heavy atom. The molecule has 0 rings (SSSR count). The maximum Gasteiger partial charge on any atom is 0.408 e. The highest BCUT2D eigenvalue weighted by molar-refractivity contribution is 5.89. The van der Waals surface area contributed by atoms with E-state index in [1.165, 1.54) is 7.11 Å². The predicted octanol–water partition coefficient (Wildman–Crippen LogP) is -1.22. The number of hydrogen-bond acceptors (Lipinski definition) is 13. The fraction of sp³-hybridized carbons (Fsp3) is 0.833. The summed E-state index contributed by atoms with van der Waals surface area (Å²) in [7, 11) is 1.21. The lowest BCUT2D eigenvalue weighted by atomic mass is 9.97. The molecule has 0 aliphatic heterocycles. The number of esters is 1. The third kappa shape index (κ3) is 17.1. The van der Waals surface area contributed by atoms with Gasteiger partial charge in [0.25, 0.3) is 5.91 Å². The molecule has 0 spiro atoms. The second-order valence-corrected chi connectivity index (χ2v) is 12.3. The third-order valence-corrected chi connectivity index (χ3v) is 7.02. The second kappa shape index (κ2) is 21.8. The van der Waals surface area contributed by atoms with Crippen molar-refractivity contribution in [3.63, 3.8) is 0 Å². The minimum atomic E-state index is -2.24. The first-order valence-corrected chi connectivity index (χ1v) is 15.7. The van der Waals surface area contributed by atoms with Crippen LogP contribution in [0.15, 0.2) is 0 Å². The van der Waals surface area contributed by atoms with Crippen LogP contribution < -0.4 is 21.3 Å². The Hall–Kier alpha value is -2.89. The third-order valence-electron chi connectivity index (χ3n) is 7.02. The van der Waals surface area contributed by atoms with E-state index in [-0.39, 0.29) is 25.8 Å². The van der Waals surface area contributed by atoms with Gasteiger partial charge in [-0.1, -0.05) is 6.92 Å². The molecule has 0 saturated heterocycles. The highest BCUT2D eigenvalue weighted by Gasteiger charge is 2.38. The Bertz CT molecular complexity index is 959. The molecule has 16 nitrogen and oxygen atoms in total. The summed E-state index contributed by atoms with van der Waals surface area (Å²) < 4.78 is 10.1. The highest BCUT2D eigenvalue weighted by atomic mass is 16.6. The number of aliphatic hydroxyl groups excluding tert-OH is 5. The number of carbonyl (C=O) groups excluding carboxylic acids is 5. The summed E-state index contributed by atoms with van der Waals surface area (Å²) in [4.78, 5) is 62.0. The van der Waals surface area contributed by atoms with Crippen LogP contribution in [0.1, 0.15) is 86.5 Å². The SMILES string of the molecule is CCC(C)NCCCC[C@H](NC(=O)[C@@H](CCCCNC(=O)C(O)C(O)C(O)C(O)C(=O)C(C)O)NC(=O)OC(C)(C)C)C(=O)OC. The number of ketones is 1. The molecule has 0 aliphatic rings. The highest BCUT2D eigenvalue weighted by Crippen LogP contribution is 2.11. The van der Waals surface area contributed by atoms with Gasteiger partial charge in [0.15, 0.2) is 11.9 Å². The maximum atomic E-state index is 13.2. The van der Waals surface area contributed by atoms with Gasteiger partial charge >= 0.3 is 12.1 Å². The Morgan fingerprint density at radius 3 is 1.80 bits per heavy atom. The van der Waals surface area contributed by atoms with Gasteiger partial charge in [0.1, 0.15) is 42.1 Å². The Morgan fingerprint density at radius 1 is 0.739 bits per heavy atom. The lowest BCUT2D eigenvalue weighted by Crippen LogP contribution is -2.53. The van der Waals surface area contributed by atoms with Crippen LogP contribution in [0.4, 0.5) is 4.79 Å². The zero-order valence-electron chi connectivity index (χ0n) is 28.1. The molecule has 16 heteroatoms. The fourth-order valence-electron chi connectivity index (χ4n) is 4.08. The number of rotatable bonds is 22. The number of hydrogen-bond donors (Lipinski definition) is 9. The Labute approximate surface area is 271 Å². The lowest BCUT2D eigenvalue weighted by molar-refractivity contribution is -0.158. The van der Waals surface area contributed by atoms with E-state index in [9.17, 15) is 49.5 Å². The molecule has 0 aromatic heterocycles. The molecule has 8 atom stereocenters. The number of ether oxygens (including phenoxy) is 2. The quantitative estimate of drug-likeness (QED) is 0.0486. The molecule has 9 N–H and O–H groups in total. The van der Waals surface area contributed by atoms with Crippen LogP contribution in [0.2, 0.25) is 0 Å². The minimum Gasteiger partial charge on any atom is -0.467 e. The van der Waals surface area contributed by atoms with Crippen LogP contribution in [-0.4, -0.2) is 130 Å². The first-order valence-electron chi connectivity index (χ1n) is 15.7. The standard InChI is InChI=1S/C30H56N4O12/c1-8-17(2)31-15-11-10-14-20(28(43)45-7)33-26(41)19(34-29(44)46-30(4,5)6)13-9-12-16-32-27(42)25(40)24(39)23(38)22(37)21(36)18(3)35/h17-20,22-25,31,35,37-40H,8-16H2,1-7H3,(H,32,42)(H,33,41)(H,34,44)/t17?,18?,19-,20+,22?,23?,24?,25?/m1/s1. The van der Waals surface area contributed by atoms with E-state index in [0.29, 0.717) is 18.9 Å². The predicted molar refractivity (Wildman–Crippen MR) is 166 cm³/mol. The van der Waals surface area contributed by atoms with Gasteiger partial charge in [-0.3, -0.25) is 14.4 Å². The number of aliphatic hydroxyl groups is 5. The fourth-order valence-corrected chi connectivity index (χ4v) is 4.08. The first kappa shape index (κ1) is 43.1. The number of amides is 3. The van der Waals surface area contributed by atoms with E-state index in [1.54, 1.807) is 20.8 Å². The molecule has 3 amide bonds. The molecule has 6 unspecified atom stereocenters. The normalized spacial score (nSPS) is 16.9. The van der Waals surface area contributed by atoms with E-state index in [1.807, 2.05) is 0 Å². The number of carbonyl (C=O) groups is 5. The molecule has 0 aromatic carbocycles. The molecule has 0 aromatic rings. The monoisotopic (exact) mass is 664 g/mol. The Balaban J connectivity index is 5.20. The maximum absolute atomic E-state index is 13.2. The van der Waals surface area contributed by atoms with Gasteiger partial charge < -0.3 is 56.3 Å². The summed E-state index contributed by atoms with van der Waals surface area (Å²) in [6.07, 6.45) is -8.14. The first-order chi connectivity index (χ1) is 21.4. The van der Waals surface area contributed by atoms with Crippen molar-refractivity contribution in [2.75, 3.05) is 20.2 Å². The summed E-state index contributed by atoms with van der Waals surface area (Å²) >= 11 is 0. The second-order valence-electron chi connectivity index (χ2n) is 12.3. The average Bonchev–Trinajstić information content (AvgIpc) is 2.99. The van der Waals surface area contributed by atoms with Crippen LogP contribution in [-0.2, 0) is 28.7 Å². The summed E-state index contributed by atoms with van der Waals surface area (Å²) in [5, 5.41) is 59.8. The molecular weight excluding hydrogens is 608 g/mol. The van der Waals surface area contributed by atoms with E-state index in [2.05, 4.69) is 35.1 Å². The van der Waals surface area contributed by atoms with Crippen molar-refractivity contribution in [3.8, 4) is 0 Å². The number of methoxy groups -OCH3 is 1. The zero-order valence-corrected chi connectivity index (χ0v) is 28.1. The van der Waals surface area contributed by atoms with Crippen molar-refractivity contribution in [1.82, 2.24) is 21.3 Å². The molecular formula is C30H56N4O12. The largest absolute Gasteiger partial charge is 0.467 e. The number of alkyl carbamates (subject to hydrolysis) is 1. The van der Waals surface area contributed by atoms with Gasteiger partial charge in [-0.2, -0.15) is 0 Å². The van der Waals surface area contributed by atoms with E-state index in [0.717, 1.165) is 26.3 Å². The van der Waals surface area contributed by atoms with Crippen molar-refractivity contribution in [3.05, 3.63) is 0 Å². The van der Waals surface area contributed by atoms with E-state index in [4.69, 9.17) is 9.47 Å². The molecule has 0 heterocycles. The average molecular weight is 665 g/mol. The molecule has 0 saturated carbocycles. The smallest absolute Gasteiger partial charge is 0.408 e. The number of unbranched alkanes of at least 4 members (excludes halogenated alkanes) is 2. The van der Waals surface area contributed by atoms with E-state index >= 15 is 0 Å². The van der Waals surface area contributed by atoms with Gasteiger partial charge in [-0.15, -0.1) is 0 Å². The summed E-state index contributed by atoms with van der Waals surface area (Å²) in [6.45, 7) is 10.8. The summed E-state index contributed by atoms with van der Waals surface area (Å²) in [5.74, 6) is -3.58. The van der Waals surface area contributed by atoms with Gasteiger partial charge in [0, 0.05) is 12.6 Å².